The Labute approximate surface area is 156 Å². The maximum atomic E-state index is 12.9. The molecule has 1 aromatic carbocycles. The van der Waals surface area contributed by atoms with Gasteiger partial charge in [0.05, 0.1) is 0 Å². The number of amides is 2. The molecule has 0 radical (unpaired) electrons. The molecule has 2 aliphatic heterocycles. The summed E-state index contributed by atoms with van der Waals surface area (Å²) in [5, 5.41) is 0. The number of carbonyl (C=O) groups excluding carboxylic acids is 2. The second kappa shape index (κ2) is 7.78. The van der Waals surface area contributed by atoms with Crippen molar-refractivity contribution in [2.24, 2.45) is 11.8 Å². The summed E-state index contributed by atoms with van der Waals surface area (Å²) in [6.07, 6.45) is 0.622. The highest BCUT2D eigenvalue weighted by molar-refractivity contribution is 6.09. The van der Waals surface area contributed by atoms with E-state index < -0.39 is 5.92 Å². The van der Waals surface area contributed by atoms with Crippen molar-refractivity contribution in [3.05, 3.63) is 29.3 Å². The molecule has 0 N–H and O–H groups in total. The molecular formula is C21H31N3O2. The van der Waals surface area contributed by atoms with Gasteiger partial charge in [0.25, 0.3) is 0 Å². The number of carbonyl (C=O) groups is 2. The zero-order valence-electron chi connectivity index (χ0n) is 16.5. The molecule has 2 amide bonds. The van der Waals surface area contributed by atoms with Crippen molar-refractivity contribution < 1.29 is 9.59 Å². The number of aryl methyl sites for hydroxylation is 2. The molecule has 1 aromatic rings. The quantitative estimate of drug-likeness (QED) is 0.778. The smallest absolute Gasteiger partial charge is 0.239 e. The molecule has 1 atom stereocenters. The summed E-state index contributed by atoms with van der Waals surface area (Å²) < 4.78 is 0. The summed E-state index contributed by atoms with van der Waals surface area (Å²) in [6.45, 7) is 13.5. The van der Waals surface area contributed by atoms with Crippen LogP contribution in [-0.4, -0.2) is 60.9 Å². The average Bonchev–Trinajstić information content (AvgIpc) is 2.98. The van der Waals surface area contributed by atoms with Crippen molar-refractivity contribution in [1.29, 1.82) is 0 Å². The second-order valence-electron chi connectivity index (χ2n) is 8.12. The normalized spacial score (nSPS) is 21.7. The van der Waals surface area contributed by atoms with Crippen molar-refractivity contribution >= 4 is 17.5 Å². The first-order valence-corrected chi connectivity index (χ1v) is 9.76. The van der Waals surface area contributed by atoms with Crippen LogP contribution in [0.25, 0.3) is 0 Å². The molecule has 0 aromatic heterocycles. The van der Waals surface area contributed by atoms with Crippen LogP contribution in [0.3, 0.4) is 0 Å². The van der Waals surface area contributed by atoms with Crippen LogP contribution in [0.4, 0.5) is 5.69 Å². The van der Waals surface area contributed by atoms with Gasteiger partial charge >= 0.3 is 0 Å². The van der Waals surface area contributed by atoms with E-state index in [9.17, 15) is 9.59 Å². The monoisotopic (exact) mass is 357 g/mol. The first kappa shape index (κ1) is 18.9. The van der Waals surface area contributed by atoms with E-state index in [0.717, 1.165) is 38.4 Å². The molecule has 142 valence electrons. The van der Waals surface area contributed by atoms with Crippen LogP contribution < -0.4 is 4.90 Å². The summed E-state index contributed by atoms with van der Waals surface area (Å²) in [4.78, 5) is 31.8. The predicted octanol–water partition coefficient (Wildman–Crippen LogP) is 2.46. The molecule has 0 spiro atoms. The Hall–Kier alpha value is -1.88. The van der Waals surface area contributed by atoms with Gasteiger partial charge in [-0.25, -0.2) is 0 Å². The predicted molar refractivity (Wildman–Crippen MR) is 104 cm³/mol. The van der Waals surface area contributed by atoms with E-state index in [1.165, 1.54) is 11.1 Å². The molecule has 2 fully saturated rings. The van der Waals surface area contributed by atoms with Gasteiger partial charge in [-0.3, -0.25) is 14.5 Å². The molecule has 1 unspecified atom stereocenters. The summed E-state index contributed by atoms with van der Waals surface area (Å²) in [5.74, 6) is 0.113. The standard InChI is InChI=1S/C21H31N3O2/c1-15(2)14-22-9-11-23(12-10-22)20(25)19-7-8-24(21(19)26)18-6-5-16(3)17(4)13-18/h5-6,13,15,19H,7-12,14H2,1-4H3. The third-order valence-electron chi connectivity index (χ3n) is 5.61. The zero-order chi connectivity index (χ0) is 18.8. The Morgan fingerprint density at radius 2 is 1.77 bits per heavy atom. The highest BCUT2D eigenvalue weighted by Crippen LogP contribution is 2.28. The van der Waals surface area contributed by atoms with Crippen LogP contribution in [0, 0.1) is 25.7 Å². The Balaban J connectivity index is 1.61. The van der Waals surface area contributed by atoms with Crippen LogP contribution in [0.1, 0.15) is 31.4 Å². The van der Waals surface area contributed by atoms with E-state index in [1.807, 2.05) is 23.1 Å². The summed E-state index contributed by atoms with van der Waals surface area (Å²) >= 11 is 0. The van der Waals surface area contributed by atoms with E-state index >= 15 is 0 Å². The Morgan fingerprint density at radius 1 is 1.08 bits per heavy atom. The summed E-state index contributed by atoms with van der Waals surface area (Å²) in [7, 11) is 0. The lowest BCUT2D eigenvalue weighted by atomic mass is 10.1. The van der Waals surface area contributed by atoms with Crippen LogP contribution in [0.15, 0.2) is 18.2 Å². The minimum atomic E-state index is -0.506. The SMILES string of the molecule is Cc1ccc(N2CCC(C(=O)N3CCN(CC(C)C)CC3)C2=O)cc1C. The molecule has 2 heterocycles. The van der Waals surface area contributed by atoms with Crippen molar-refractivity contribution in [2.45, 2.75) is 34.1 Å². The number of benzene rings is 1. The van der Waals surface area contributed by atoms with Crippen LogP contribution in [0.2, 0.25) is 0 Å². The molecule has 5 heteroatoms. The van der Waals surface area contributed by atoms with Gasteiger partial charge < -0.3 is 9.80 Å². The highest BCUT2D eigenvalue weighted by Gasteiger charge is 2.40. The molecule has 5 nitrogen and oxygen atoms in total. The van der Waals surface area contributed by atoms with E-state index in [4.69, 9.17) is 0 Å². The van der Waals surface area contributed by atoms with E-state index in [-0.39, 0.29) is 11.8 Å². The topological polar surface area (TPSA) is 43.9 Å². The van der Waals surface area contributed by atoms with Gasteiger partial charge in [-0.1, -0.05) is 19.9 Å². The van der Waals surface area contributed by atoms with Crippen molar-refractivity contribution in [2.75, 3.05) is 44.2 Å². The first-order chi connectivity index (χ1) is 12.4. The molecule has 3 rings (SSSR count). The summed E-state index contributed by atoms with van der Waals surface area (Å²) in [6, 6.07) is 6.07. The van der Waals surface area contributed by atoms with Gasteiger partial charge in [-0.2, -0.15) is 0 Å². The van der Waals surface area contributed by atoms with Gasteiger partial charge in [0.15, 0.2) is 0 Å². The van der Waals surface area contributed by atoms with Gasteiger partial charge in [0.1, 0.15) is 5.92 Å². The lowest BCUT2D eigenvalue weighted by molar-refractivity contribution is -0.141. The molecular weight excluding hydrogens is 326 g/mol. The Morgan fingerprint density at radius 3 is 2.38 bits per heavy atom. The number of rotatable bonds is 4. The summed E-state index contributed by atoms with van der Waals surface area (Å²) in [5.41, 5.74) is 3.30. The van der Waals surface area contributed by atoms with E-state index in [0.29, 0.717) is 18.9 Å². The highest BCUT2D eigenvalue weighted by atomic mass is 16.2. The fraction of sp³-hybridized carbons (Fsp3) is 0.619. The number of piperazine rings is 1. The fourth-order valence-electron chi connectivity index (χ4n) is 3.95. The van der Waals surface area contributed by atoms with Crippen molar-refractivity contribution in [3.8, 4) is 0 Å². The third kappa shape index (κ3) is 3.93. The minimum Gasteiger partial charge on any atom is -0.339 e. The second-order valence-corrected chi connectivity index (χ2v) is 8.12. The van der Waals surface area contributed by atoms with Gasteiger partial charge in [0, 0.05) is 45.0 Å². The fourth-order valence-corrected chi connectivity index (χ4v) is 3.95. The van der Waals surface area contributed by atoms with Gasteiger partial charge in [-0.05, 0) is 49.4 Å². The number of hydrogen-bond acceptors (Lipinski definition) is 3. The van der Waals surface area contributed by atoms with Gasteiger partial charge in [0.2, 0.25) is 11.8 Å². The third-order valence-corrected chi connectivity index (χ3v) is 5.61. The molecule has 26 heavy (non-hydrogen) atoms. The molecule has 2 aliphatic rings. The lowest BCUT2D eigenvalue weighted by Crippen LogP contribution is -2.51. The Kier molecular flexibility index (Phi) is 5.66. The van der Waals surface area contributed by atoms with Crippen LogP contribution in [0.5, 0.6) is 0 Å². The Bertz CT molecular complexity index is 678. The largest absolute Gasteiger partial charge is 0.339 e. The maximum absolute atomic E-state index is 12.9. The molecule has 0 saturated carbocycles. The van der Waals surface area contributed by atoms with Crippen LogP contribution >= 0.6 is 0 Å². The number of hydrogen-bond donors (Lipinski definition) is 0. The molecule has 0 bridgehead atoms. The molecule has 2 saturated heterocycles. The number of anilines is 1. The van der Waals surface area contributed by atoms with Crippen LogP contribution in [-0.2, 0) is 9.59 Å². The van der Waals surface area contributed by atoms with Gasteiger partial charge in [-0.15, -0.1) is 0 Å². The number of nitrogens with zero attached hydrogens (tertiary/aromatic N) is 3. The van der Waals surface area contributed by atoms with Crippen molar-refractivity contribution in [3.63, 3.8) is 0 Å². The first-order valence-electron chi connectivity index (χ1n) is 9.76. The maximum Gasteiger partial charge on any atom is 0.239 e. The van der Waals surface area contributed by atoms with Crippen molar-refractivity contribution in [1.82, 2.24) is 9.80 Å². The molecule has 0 aliphatic carbocycles. The average molecular weight is 357 g/mol. The zero-order valence-corrected chi connectivity index (χ0v) is 16.5. The lowest BCUT2D eigenvalue weighted by Gasteiger charge is -2.36. The van der Waals surface area contributed by atoms with E-state index in [1.54, 1.807) is 4.90 Å². The minimum absolute atomic E-state index is 0.0190. The van der Waals surface area contributed by atoms with E-state index in [2.05, 4.69) is 32.6 Å².